The molecule has 1 aromatic rings. The summed E-state index contributed by atoms with van der Waals surface area (Å²) in [5, 5.41) is 0. The Morgan fingerprint density at radius 3 is 2.11 bits per heavy atom. The Morgan fingerprint density at radius 2 is 1.68 bits per heavy atom. The van der Waals surface area contributed by atoms with Gasteiger partial charge in [-0.2, -0.15) is 0 Å². The van der Waals surface area contributed by atoms with Crippen LogP contribution in [0, 0.1) is 0 Å². The largest absolute Gasteiger partial charge is 0.496 e. The fourth-order valence-corrected chi connectivity index (χ4v) is 2.21. The van der Waals surface area contributed by atoms with E-state index in [0.29, 0.717) is 41.9 Å². The second-order valence-electron chi connectivity index (χ2n) is 3.75. The Kier molecular flexibility index (Phi) is 6.81. The van der Waals surface area contributed by atoms with Crippen molar-refractivity contribution in [3.63, 3.8) is 0 Å². The van der Waals surface area contributed by atoms with Gasteiger partial charge in [0.05, 0.1) is 25.5 Å². The van der Waals surface area contributed by atoms with Crippen LogP contribution in [0.3, 0.4) is 0 Å². The van der Waals surface area contributed by atoms with Gasteiger partial charge in [-0.25, -0.2) is 0 Å². The minimum Gasteiger partial charge on any atom is -0.496 e. The molecular formula is C13H17Cl2NO3. The van der Waals surface area contributed by atoms with Gasteiger partial charge in [0, 0.05) is 30.9 Å². The molecule has 0 saturated heterocycles. The Hall–Kier alpha value is -1.13. The molecule has 0 atom stereocenters. The Bertz CT molecular complexity index is 421. The van der Waals surface area contributed by atoms with Gasteiger partial charge in [0.1, 0.15) is 11.5 Å². The van der Waals surface area contributed by atoms with Crippen LogP contribution >= 0.6 is 23.2 Å². The number of hydrogen-bond acceptors (Lipinski definition) is 4. The molecule has 0 aromatic heterocycles. The van der Waals surface area contributed by atoms with Gasteiger partial charge < -0.3 is 14.4 Å². The predicted octanol–water partition coefficient (Wildman–Crippen LogP) is 2.80. The number of rotatable bonds is 8. The van der Waals surface area contributed by atoms with Crippen molar-refractivity contribution in [1.82, 2.24) is 0 Å². The monoisotopic (exact) mass is 305 g/mol. The number of ether oxygens (including phenoxy) is 2. The Labute approximate surface area is 123 Å². The van der Waals surface area contributed by atoms with Gasteiger partial charge in [0.25, 0.3) is 0 Å². The molecule has 0 fully saturated rings. The molecule has 1 rings (SSSR count). The van der Waals surface area contributed by atoms with Gasteiger partial charge in [-0.15, -0.1) is 23.2 Å². The van der Waals surface area contributed by atoms with E-state index in [9.17, 15) is 4.79 Å². The standard InChI is InChI=1S/C13H17Cl2NO3/c1-18-12-8-11(16(5-3-14)6-4-15)13(19-2)7-10(12)9-17/h7-9H,3-6H2,1-2H3. The number of hydrogen-bond donors (Lipinski definition) is 0. The first-order valence-electron chi connectivity index (χ1n) is 5.79. The van der Waals surface area contributed by atoms with E-state index < -0.39 is 0 Å². The number of nitrogens with zero attached hydrogens (tertiary/aromatic N) is 1. The number of benzene rings is 1. The van der Waals surface area contributed by atoms with E-state index in [-0.39, 0.29) is 0 Å². The molecule has 19 heavy (non-hydrogen) atoms. The van der Waals surface area contributed by atoms with Crippen LogP contribution in [0.25, 0.3) is 0 Å². The summed E-state index contributed by atoms with van der Waals surface area (Å²) >= 11 is 11.6. The second-order valence-corrected chi connectivity index (χ2v) is 4.50. The van der Waals surface area contributed by atoms with E-state index in [4.69, 9.17) is 32.7 Å². The van der Waals surface area contributed by atoms with Crippen LogP contribution in [0.2, 0.25) is 0 Å². The zero-order valence-electron chi connectivity index (χ0n) is 11.0. The van der Waals surface area contributed by atoms with E-state index in [1.807, 2.05) is 4.90 Å². The van der Waals surface area contributed by atoms with Gasteiger partial charge in [-0.05, 0) is 6.07 Å². The molecule has 0 N–H and O–H groups in total. The fraction of sp³-hybridized carbons (Fsp3) is 0.462. The van der Waals surface area contributed by atoms with Crippen LogP contribution in [-0.2, 0) is 0 Å². The maximum absolute atomic E-state index is 11.0. The smallest absolute Gasteiger partial charge is 0.153 e. The number of aldehydes is 1. The van der Waals surface area contributed by atoms with Crippen LogP contribution < -0.4 is 14.4 Å². The minimum absolute atomic E-state index is 0.444. The first-order valence-corrected chi connectivity index (χ1v) is 6.86. The van der Waals surface area contributed by atoms with Crippen molar-refractivity contribution in [2.45, 2.75) is 0 Å². The Morgan fingerprint density at radius 1 is 1.11 bits per heavy atom. The zero-order chi connectivity index (χ0) is 14.3. The number of halogens is 2. The van der Waals surface area contributed by atoms with Crippen LogP contribution in [-0.4, -0.2) is 45.4 Å². The van der Waals surface area contributed by atoms with Crippen molar-refractivity contribution in [1.29, 1.82) is 0 Å². The molecule has 0 spiro atoms. The normalized spacial score (nSPS) is 10.1. The molecule has 0 aliphatic carbocycles. The molecule has 6 heteroatoms. The maximum Gasteiger partial charge on any atom is 0.153 e. The van der Waals surface area contributed by atoms with Crippen LogP contribution in [0.15, 0.2) is 12.1 Å². The summed E-state index contributed by atoms with van der Waals surface area (Å²) in [4.78, 5) is 13.0. The fourth-order valence-electron chi connectivity index (χ4n) is 1.80. The van der Waals surface area contributed by atoms with E-state index in [1.54, 1.807) is 19.2 Å². The van der Waals surface area contributed by atoms with Gasteiger partial charge >= 0.3 is 0 Å². The second kappa shape index (κ2) is 8.12. The van der Waals surface area contributed by atoms with Gasteiger partial charge in [0.2, 0.25) is 0 Å². The molecule has 0 amide bonds. The number of carbonyl (C=O) groups excluding carboxylic acids is 1. The maximum atomic E-state index is 11.0. The van der Waals surface area contributed by atoms with E-state index in [0.717, 1.165) is 12.0 Å². The third kappa shape index (κ3) is 3.91. The third-order valence-corrected chi connectivity index (χ3v) is 3.05. The lowest BCUT2D eigenvalue weighted by Gasteiger charge is -2.25. The van der Waals surface area contributed by atoms with Crippen LogP contribution in [0.1, 0.15) is 10.4 Å². The quantitative estimate of drug-likeness (QED) is 0.547. The van der Waals surface area contributed by atoms with Crippen LogP contribution in [0.4, 0.5) is 5.69 Å². The highest BCUT2D eigenvalue weighted by atomic mass is 35.5. The topological polar surface area (TPSA) is 38.8 Å². The molecule has 0 aliphatic heterocycles. The zero-order valence-corrected chi connectivity index (χ0v) is 12.5. The number of alkyl halides is 2. The summed E-state index contributed by atoms with van der Waals surface area (Å²) in [6.07, 6.45) is 0.735. The van der Waals surface area contributed by atoms with Gasteiger partial charge in [0.15, 0.2) is 6.29 Å². The molecule has 0 bridgehead atoms. The molecule has 4 nitrogen and oxygen atoms in total. The first kappa shape index (κ1) is 15.9. The first-order chi connectivity index (χ1) is 9.21. The predicted molar refractivity (Wildman–Crippen MR) is 78.6 cm³/mol. The van der Waals surface area contributed by atoms with E-state index in [2.05, 4.69) is 0 Å². The molecule has 0 radical (unpaired) electrons. The van der Waals surface area contributed by atoms with Crippen molar-refractivity contribution in [2.24, 2.45) is 0 Å². The molecule has 0 aliphatic rings. The average Bonchev–Trinajstić information content (AvgIpc) is 2.45. The van der Waals surface area contributed by atoms with Gasteiger partial charge in [-0.3, -0.25) is 4.79 Å². The molecule has 106 valence electrons. The Balaban J connectivity index is 3.25. The molecule has 0 heterocycles. The van der Waals surface area contributed by atoms with Crippen LogP contribution in [0.5, 0.6) is 11.5 Å². The molecule has 0 unspecified atom stereocenters. The minimum atomic E-state index is 0.444. The third-order valence-electron chi connectivity index (χ3n) is 2.71. The van der Waals surface area contributed by atoms with Gasteiger partial charge in [-0.1, -0.05) is 0 Å². The summed E-state index contributed by atoms with van der Waals surface area (Å²) in [5.41, 5.74) is 1.26. The lowest BCUT2D eigenvalue weighted by atomic mass is 10.1. The van der Waals surface area contributed by atoms with Crippen molar-refractivity contribution < 1.29 is 14.3 Å². The highest BCUT2D eigenvalue weighted by Gasteiger charge is 2.16. The molecule has 1 aromatic carbocycles. The summed E-state index contributed by atoms with van der Waals surface area (Å²) in [5.74, 6) is 2.04. The summed E-state index contributed by atoms with van der Waals surface area (Å²) < 4.78 is 10.5. The molecular weight excluding hydrogens is 289 g/mol. The SMILES string of the molecule is COc1cc(N(CCCl)CCCl)c(OC)cc1C=O. The number of carbonyl (C=O) groups is 1. The van der Waals surface area contributed by atoms with Crippen molar-refractivity contribution in [3.05, 3.63) is 17.7 Å². The molecule has 0 saturated carbocycles. The lowest BCUT2D eigenvalue weighted by molar-refractivity contribution is 0.112. The van der Waals surface area contributed by atoms with Crippen molar-refractivity contribution >= 4 is 35.2 Å². The summed E-state index contributed by atoms with van der Waals surface area (Å²) in [6, 6.07) is 3.41. The average molecular weight is 306 g/mol. The van der Waals surface area contributed by atoms with Crippen molar-refractivity contribution in [2.75, 3.05) is 44.0 Å². The van der Waals surface area contributed by atoms with E-state index in [1.165, 1.54) is 7.11 Å². The summed E-state index contributed by atoms with van der Waals surface area (Å²) in [7, 11) is 3.07. The highest BCUT2D eigenvalue weighted by Crippen LogP contribution is 2.34. The summed E-state index contributed by atoms with van der Waals surface area (Å²) in [6.45, 7) is 1.27. The number of anilines is 1. The lowest BCUT2D eigenvalue weighted by Crippen LogP contribution is -2.28. The van der Waals surface area contributed by atoms with E-state index >= 15 is 0 Å². The number of methoxy groups -OCH3 is 2. The van der Waals surface area contributed by atoms with Crippen molar-refractivity contribution in [3.8, 4) is 11.5 Å². The highest BCUT2D eigenvalue weighted by molar-refractivity contribution is 6.18.